The van der Waals surface area contributed by atoms with Crippen LogP contribution in [-0.4, -0.2) is 5.78 Å². The predicted octanol–water partition coefficient (Wildman–Crippen LogP) is 4.54. The Morgan fingerprint density at radius 2 is 1.56 bits per heavy atom. The van der Waals surface area contributed by atoms with Gasteiger partial charge < -0.3 is 0 Å². The van der Waals surface area contributed by atoms with Crippen LogP contribution in [0.25, 0.3) is 0 Å². The lowest BCUT2D eigenvalue weighted by Gasteiger charge is -2.36. The molecule has 0 amide bonds. The minimum absolute atomic E-state index is 0.0319. The number of allylic oxidation sites excluding steroid dienone is 4. The minimum atomic E-state index is -0.0532. The molecule has 0 spiro atoms. The van der Waals surface area contributed by atoms with Gasteiger partial charge >= 0.3 is 0 Å². The van der Waals surface area contributed by atoms with Crippen LogP contribution in [0.5, 0.6) is 0 Å². The summed E-state index contributed by atoms with van der Waals surface area (Å²) in [5.74, 6) is 0.313. The van der Waals surface area contributed by atoms with Gasteiger partial charge in [0.1, 0.15) is 5.78 Å². The first kappa shape index (κ1) is 13.6. The van der Waals surface area contributed by atoms with Gasteiger partial charge in [-0.05, 0) is 40.7 Å². The molecular formula is C17H26O. The Bertz CT molecular complexity index is 458. The molecule has 0 N–H and O–H groups in total. The lowest BCUT2D eigenvalue weighted by Crippen LogP contribution is -2.31. The smallest absolute Gasteiger partial charge is 0.137 e. The van der Waals surface area contributed by atoms with Gasteiger partial charge in [-0.3, -0.25) is 4.79 Å². The van der Waals surface area contributed by atoms with Crippen LogP contribution in [0, 0.1) is 22.2 Å². The molecule has 1 heteroatoms. The van der Waals surface area contributed by atoms with E-state index in [1.165, 1.54) is 17.6 Å². The van der Waals surface area contributed by atoms with Crippen molar-refractivity contribution in [3.05, 3.63) is 23.3 Å². The molecule has 0 bridgehead atoms. The third-order valence-electron chi connectivity index (χ3n) is 4.72. The van der Waals surface area contributed by atoms with Gasteiger partial charge in [-0.25, -0.2) is 0 Å². The SMILES string of the molecule is CC(=O)C1C=C2C(=CC1(C)C)C(C)(C)CC2(C)C. The Labute approximate surface area is 111 Å². The molecule has 2 rings (SSSR count). The summed E-state index contributed by atoms with van der Waals surface area (Å²) in [5, 5.41) is 0. The van der Waals surface area contributed by atoms with Crippen LogP contribution in [-0.2, 0) is 4.79 Å². The molecule has 0 aromatic heterocycles. The Hall–Kier alpha value is -0.850. The lowest BCUT2D eigenvalue weighted by molar-refractivity contribution is -0.121. The van der Waals surface area contributed by atoms with Crippen LogP contribution >= 0.6 is 0 Å². The van der Waals surface area contributed by atoms with E-state index in [1.807, 2.05) is 0 Å². The van der Waals surface area contributed by atoms with Crippen LogP contribution in [0.2, 0.25) is 0 Å². The van der Waals surface area contributed by atoms with E-state index in [9.17, 15) is 4.79 Å². The average Bonchev–Trinajstić information content (AvgIpc) is 2.28. The number of hydrogen-bond acceptors (Lipinski definition) is 1. The molecule has 0 aromatic carbocycles. The first-order valence-corrected chi connectivity index (χ1v) is 6.94. The molecule has 0 aromatic rings. The molecule has 2 aliphatic carbocycles. The second kappa shape index (κ2) is 3.59. The van der Waals surface area contributed by atoms with Gasteiger partial charge in [-0.1, -0.05) is 53.7 Å². The summed E-state index contributed by atoms with van der Waals surface area (Å²) in [7, 11) is 0. The summed E-state index contributed by atoms with van der Waals surface area (Å²) in [4.78, 5) is 11.9. The summed E-state index contributed by atoms with van der Waals surface area (Å²) in [6.07, 6.45) is 5.79. The van der Waals surface area contributed by atoms with E-state index >= 15 is 0 Å². The molecule has 0 heterocycles. The van der Waals surface area contributed by atoms with Crippen LogP contribution in [0.4, 0.5) is 0 Å². The zero-order valence-electron chi connectivity index (χ0n) is 12.8. The quantitative estimate of drug-likeness (QED) is 0.664. The molecule has 0 saturated heterocycles. The Kier molecular flexibility index (Phi) is 2.71. The third kappa shape index (κ3) is 1.88. The number of Topliss-reactive ketones (excluding diaryl/α,β-unsaturated/α-hetero) is 1. The summed E-state index contributed by atoms with van der Waals surface area (Å²) < 4.78 is 0. The van der Waals surface area contributed by atoms with E-state index in [4.69, 9.17) is 0 Å². The molecule has 100 valence electrons. The Balaban J connectivity index is 2.59. The largest absolute Gasteiger partial charge is 0.299 e. The molecule has 2 aliphatic rings. The highest BCUT2D eigenvalue weighted by Gasteiger charge is 2.48. The van der Waals surface area contributed by atoms with E-state index in [1.54, 1.807) is 6.92 Å². The van der Waals surface area contributed by atoms with Crippen molar-refractivity contribution in [2.45, 2.75) is 54.9 Å². The van der Waals surface area contributed by atoms with Gasteiger partial charge in [0.25, 0.3) is 0 Å². The Morgan fingerprint density at radius 3 is 2.06 bits per heavy atom. The highest BCUT2D eigenvalue weighted by molar-refractivity contribution is 5.82. The molecule has 1 atom stereocenters. The molecule has 1 saturated carbocycles. The van der Waals surface area contributed by atoms with E-state index < -0.39 is 0 Å². The predicted molar refractivity (Wildman–Crippen MR) is 76.3 cm³/mol. The maximum Gasteiger partial charge on any atom is 0.137 e. The summed E-state index contributed by atoms with van der Waals surface area (Å²) in [6.45, 7) is 15.3. The average molecular weight is 246 g/mol. The second-order valence-electron chi connectivity index (χ2n) is 7.99. The van der Waals surface area contributed by atoms with Crippen LogP contribution in [0.1, 0.15) is 54.9 Å². The van der Waals surface area contributed by atoms with Crippen molar-refractivity contribution in [2.24, 2.45) is 22.2 Å². The van der Waals surface area contributed by atoms with E-state index in [-0.39, 0.29) is 27.9 Å². The van der Waals surface area contributed by atoms with Crippen molar-refractivity contribution in [3.8, 4) is 0 Å². The van der Waals surface area contributed by atoms with Crippen LogP contribution < -0.4 is 0 Å². The highest BCUT2D eigenvalue weighted by Crippen LogP contribution is 2.59. The van der Waals surface area contributed by atoms with Gasteiger partial charge in [0.05, 0.1) is 0 Å². The standard InChI is InChI=1S/C17H26O/c1-11(18)12-8-13-14(9-15(12,2)3)17(6,7)10-16(13,4)5/h8-9,12H,10H2,1-7H3. The van der Waals surface area contributed by atoms with Crippen molar-refractivity contribution in [1.29, 1.82) is 0 Å². The van der Waals surface area contributed by atoms with Gasteiger partial charge in [0.2, 0.25) is 0 Å². The van der Waals surface area contributed by atoms with Gasteiger partial charge in [-0.2, -0.15) is 0 Å². The van der Waals surface area contributed by atoms with Crippen LogP contribution in [0.15, 0.2) is 23.3 Å². The molecule has 18 heavy (non-hydrogen) atoms. The summed E-state index contributed by atoms with van der Waals surface area (Å²) >= 11 is 0. The molecule has 1 fully saturated rings. The zero-order chi connectivity index (χ0) is 13.9. The monoisotopic (exact) mass is 246 g/mol. The molecular weight excluding hydrogens is 220 g/mol. The first-order chi connectivity index (χ1) is 7.97. The number of hydrogen-bond donors (Lipinski definition) is 0. The fourth-order valence-corrected chi connectivity index (χ4v) is 4.10. The number of fused-ring (bicyclic) bond motifs is 1. The first-order valence-electron chi connectivity index (χ1n) is 6.94. The van der Waals surface area contributed by atoms with E-state index in [2.05, 4.69) is 53.7 Å². The van der Waals surface area contributed by atoms with Crippen molar-refractivity contribution in [3.63, 3.8) is 0 Å². The number of carbonyl (C=O) groups excluding carboxylic acids is 1. The summed E-state index contributed by atoms with van der Waals surface area (Å²) in [5.41, 5.74) is 3.25. The van der Waals surface area contributed by atoms with E-state index in [0.717, 1.165) is 0 Å². The van der Waals surface area contributed by atoms with Crippen molar-refractivity contribution < 1.29 is 4.79 Å². The van der Waals surface area contributed by atoms with Crippen LogP contribution in [0.3, 0.4) is 0 Å². The Morgan fingerprint density at radius 1 is 1.06 bits per heavy atom. The third-order valence-corrected chi connectivity index (χ3v) is 4.72. The highest BCUT2D eigenvalue weighted by atomic mass is 16.1. The van der Waals surface area contributed by atoms with Gasteiger partial charge in [0.15, 0.2) is 0 Å². The maximum atomic E-state index is 11.9. The fourth-order valence-electron chi connectivity index (χ4n) is 4.10. The van der Waals surface area contributed by atoms with Crippen molar-refractivity contribution in [1.82, 2.24) is 0 Å². The topological polar surface area (TPSA) is 17.1 Å². The van der Waals surface area contributed by atoms with Gasteiger partial charge in [-0.15, -0.1) is 0 Å². The molecule has 1 nitrogen and oxygen atoms in total. The molecule has 1 unspecified atom stereocenters. The summed E-state index contributed by atoms with van der Waals surface area (Å²) in [6, 6.07) is 0. The molecule has 0 aliphatic heterocycles. The van der Waals surface area contributed by atoms with Crippen molar-refractivity contribution >= 4 is 5.78 Å². The van der Waals surface area contributed by atoms with Gasteiger partial charge in [0, 0.05) is 5.92 Å². The zero-order valence-corrected chi connectivity index (χ0v) is 12.8. The lowest BCUT2D eigenvalue weighted by atomic mass is 9.67. The minimum Gasteiger partial charge on any atom is -0.299 e. The molecule has 0 radical (unpaired) electrons. The normalized spacial score (nSPS) is 31.4. The fraction of sp³-hybridized carbons (Fsp3) is 0.706. The number of rotatable bonds is 1. The van der Waals surface area contributed by atoms with E-state index in [0.29, 0.717) is 0 Å². The van der Waals surface area contributed by atoms with Crippen molar-refractivity contribution in [2.75, 3.05) is 0 Å². The second-order valence-corrected chi connectivity index (χ2v) is 7.99. The maximum absolute atomic E-state index is 11.9. The number of carbonyl (C=O) groups is 1. The number of ketones is 1.